The van der Waals surface area contributed by atoms with Crippen molar-refractivity contribution in [3.8, 4) is 5.75 Å². The first-order chi connectivity index (χ1) is 8.19. The summed E-state index contributed by atoms with van der Waals surface area (Å²) in [5.41, 5.74) is 0.583. The van der Waals surface area contributed by atoms with Crippen molar-refractivity contribution in [2.45, 2.75) is 13.5 Å². The lowest BCUT2D eigenvalue weighted by Gasteiger charge is -2.05. The molecule has 1 aromatic carbocycles. The quantitative estimate of drug-likeness (QED) is 0.811. The molecule has 0 bridgehead atoms. The summed E-state index contributed by atoms with van der Waals surface area (Å²) >= 11 is 3.32. The fraction of sp³-hybridized carbons (Fsp3) is 0.182. The lowest BCUT2D eigenvalue weighted by Crippen LogP contribution is -1.98. The second kappa shape index (κ2) is 5.09. The van der Waals surface area contributed by atoms with Crippen LogP contribution in [-0.4, -0.2) is 16.4 Å². The summed E-state index contributed by atoms with van der Waals surface area (Å²) in [4.78, 5) is 14.6. The van der Waals surface area contributed by atoms with Gasteiger partial charge in [-0.15, -0.1) is 0 Å². The van der Waals surface area contributed by atoms with E-state index in [9.17, 15) is 4.79 Å². The van der Waals surface area contributed by atoms with Crippen molar-refractivity contribution < 1.29 is 14.1 Å². The molecule has 88 valence electrons. The van der Waals surface area contributed by atoms with Gasteiger partial charge >= 0.3 is 0 Å². The fourth-order valence-electron chi connectivity index (χ4n) is 1.25. The zero-order valence-corrected chi connectivity index (χ0v) is 10.6. The fourth-order valence-corrected chi connectivity index (χ4v) is 1.76. The zero-order valence-electron chi connectivity index (χ0n) is 9.01. The van der Waals surface area contributed by atoms with E-state index in [0.717, 1.165) is 6.29 Å². The largest absolute Gasteiger partial charge is 0.484 e. The van der Waals surface area contributed by atoms with Gasteiger partial charge in [-0.3, -0.25) is 4.79 Å². The van der Waals surface area contributed by atoms with Gasteiger partial charge in [0.1, 0.15) is 12.0 Å². The van der Waals surface area contributed by atoms with Crippen molar-refractivity contribution in [2.24, 2.45) is 0 Å². The second-order valence-corrected chi connectivity index (χ2v) is 4.18. The number of carbonyl (C=O) groups is 1. The molecule has 2 aromatic rings. The molecule has 0 fully saturated rings. The van der Waals surface area contributed by atoms with E-state index in [4.69, 9.17) is 9.26 Å². The molecule has 0 spiro atoms. The number of carbonyl (C=O) groups excluding carboxylic acids is 1. The van der Waals surface area contributed by atoms with Crippen molar-refractivity contribution in [2.75, 3.05) is 0 Å². The second-order valence-electron chi connectivity index (χ2n) is 3.33. The molecule has 2 rings (SSSR count). The van der Waals surface area contributed by atoms with Gasteiger partial charge in [0.05, 0.1) is 4.47 Å². The maximum Gasteiger partial charge on any atom is 0.223 e. The third kappa shape index (κ3) is 2.91. The van der Waals surface area contributed by atoms with Gasteiger partial charge in [-0.1, -0.05) is 5.16 Å². The third-order valence-corrected chi connectivity index (χ3v) is 2.64. The predicted molar refractivity (Wildman–Crippen MR) is 62.9 cm³/mol. The number of ether oxygens (including phenoxy) is 1. The molecule has 0 aliphatic carbocycles. The maximum absolute atomic E-state index is 10.6. The first-order valence-electron chi connectivity index (χ1n) is 4.86. The topological polar surface area (TPSA) is 65.2 Å². The molecule has 0 N–H and O–H groups in total. The molecule has 1 aromatic heterocycles. The molecule has 0 saturated heterocycles. The number of halogens is 1. The van der Waals surface area contributed by atoms with Crippen LogP contribution in [0.15, 0.2) is 27.2 Å². The molecule has 0 atom stereocenters. The number of nitrogens with zero attached hydrogens (tertiary/aromatic N) is 2. The summed E-state index contributed by atoms with van der Waals surface area (Å²) in [5.74, 6) is 1.60. The lowest BCUT2D eigenvalue weighted by atomic mass is 10.2. The molecule has 17 heavy (non-hydrogen) atoms. The Bertz CT molecular complexity index is 539. The van der Waals surface area contributed by atoms with Crippen LogP contribution in [0.1, 0.15) is 22.1 Å². The highest BCUT2D eigenvalue weighted by molar-refractivity contribution is 9.10. The average Bonchev–Trinajstić information content (AvgIpc) is 2.73. The van der Waals surface area contributed by atoms with Gasteiger partial charge in [-0.05, 0) is 34.1 Å². The van der Waals surface area contributed by atoms with Crippen LogP contribution < -0.4 is 4.74 Å². The molecule has 0 radical (unpaired) electrons. The molecule has 5 nitrogen and oxygen atoms in total. The Morgan fingerprint density at radius 3 is 2.94 bits per heavy atom. The van der Waals surface area contributed by atoms with E-state index in [0.29, 0.717) is 27.5 Å². The van der Waals surface area contributed by atoms with Crippen LogP contribution >= 0.6 is 15.9 Å². The zero-order chi connectivity index (χ0) is 12.3. The van der Waals surface area contributed by atoms with Crippen LogP contribution in [0.25, 0.3) is 0 Å². The number of rotatable bonds is 4. The summed E-state index contributed by atoms with van der Waals surface area (Å²) in [6.45, 7) is 1.93. The summed E-state index contributed by atoms with van der Waals surface area (Å²) in [7, 11) is 0. The van der Waals surface area contributed by atoms with E-state index in [2.05, 4.69) is 26.1 Å². The van der Waals surface area contributed by atoms with Gasteiger partial charge in [0.15, 0.2) is 6.61 Å². The first-order valence-corrected chi connectivity index (χ1v) is 5.65. The summed E-state index contributed by atoms with van der Waals surface area (Å²) in [5, 5.41) is 3.71. The van der Waals surface area contributed by atoms with Crippen molar-refractivity contribution in [1.29, 1.82) is 0 Å². The highest BCUT2D eigenvalue weighted by Crippen LogP contribution is 2.26. The maximum atomic E-state index is 10.6. The molecule has 1 heterocycles. The van der Waals surface area contributed by atoms with Crippen molar-refractivity contribution in [3.63, 3.8) is 0 Å². The SMILES string of the molecule is Cc1nc(COc2ccc(C=O)cc2Br)no1. The van der Waals surface area contributed by atoms with E-state index in [1.54, 1.807) is 25.1 Å². The Balaban J connectivity index is 2.06. The third-order valence-electron chi connectivity index (χ3n) is 2.02. The number of aromatic nitrogens is 2. The standard InChI is InChI=1S/C11H9BrN2O3/c1-7-13-11(14-17-7)6-16-10-3-2-8(5-15)4-9(10)12/h2-5H,6H2,1H3. The smallest absolute Gasteiger partial charge is 0.223 e. The van der Waals surface area contributed by atoms with Gasteiger partial charge in [0.25, 0.3) is 0 Å². The molecule has 0 aliphatic rings. The average molecular weight is 297 g/mol. The molecule has 0 aliphatic heterocycles. The summed E-state index contributed by atoms with van der Waals surface area (Å²) in [6.07, 6.45) is 0.775. The molecular formula is C11H9BrN2O3. The van der Waals surface area contributed by atoms with E-state index in [1.807, 2.05) is 0 Å². The molecule has 0 saturated carbocycles. The predicted octanol–water partition coefficient (Wildman–Crippen LogP) is 2.53. The van der Waals surface area contributed by atoms with Crippen molar-refractivity contribution in [1.82, 2.24) is 10.1 Å². The summed E-state index contributed by atoms with van der Waals surface area (Å²) < 4.78 is 11.0. The summed E-state index contributed by atoms with van der Waals surface area (Å²) in [6, 6.07) is 5.07. The normalized spacial score (nSPS) is 10.2. The van der Waals surface area contributed by atoms with Crippen LogP contribution in [0.5, 0.6) is 5.75 Å². The van der Waals surface area contributed by atoms with Crippen LogP contribution in [0, 0.1) is 6.92 Å². The first kappa shape index (κ1) is 11.8. The molecular weight excluding hydrogens is 288 g/mol. The van der Waals surface area contributed by atoms with Gasteiger partial charge in [0.2, 0.25) is 11.7 Å². The van der Waals surface area contributed by atoms with Gasteiger partial charge in [-0.25, -0.2) is 0 Å². The van der Waals surface area contributed by atoms with Crippen molar-refractivity contribution >= 4 is 22.2 Å². The molecule has 6 heteroatoms. The Hall–Kier alpha value is -1.69. The van der Waals surface area contributed by atoms with E-state index >= 15 is 0 Å². The minimum atomic E-state index is 0.219. The van der Waals surface area contributed by atoms with Crippen LogP contribution in [0.3, 0.4) is 0 Å². The minimum absolute atomic E-state index is 0.219. The van der Waals surface area contributed by atoms with E-state index < -0.39 is 0 Å². The number of aryl methyl sites for hydroxylation is 1. The molecule has 0 amide bonds. The van der Waals surface area contributed by atoms with E-state index in [1.165, 1.54) is 0 Å². The van der Waals surface area contributed by atoms with Crippen LogP contribution in [-0.2, 0) is 6.61 Å². The van der Waals surface area contributed by atoms with Gasteiger partial charge < -0.3 is 9.26 Å². The Morgan fingerprint density at radius 1 is 1.53 bits per heavy atom. The number of benzene rings is 1. The van der Waals surface area contributed by atoms with Crippen molar-refractivity contribution in [3.05, 3.63) is 40.0 Å². The van der Waals surface area contributed by atoms with Crippen LogP contribution in [0.2, 0.25) is 0 Å². The lowest BCUT2D eigenvalue weighted by molar-refractivity contribution is 0.112. The van der Waals surface area contributed by atoms with Gasteiger partial charge in [0, 0.05) is 12.5 Å². The number of hydrogen-bond acceptors (Lipinski definition) is 5. The molecule has 0 unspecified atom stereocenters. The van der Waals surface area contributed by atoms with E-state index in [-0.39, 0.29) is 6.61 Å². The Morgan fingerprint density at radius 2 is 2.35 bits per heavy atom. The minimum Gasteiger partial charge on any atom is -0.484 e. The number of hydrogen-bond donors (Lipinski definition) is 0. The highest BCUT2D eigenvalue weighted by Gasteiger charge is 2.06. The van der Waals surface area contributed by atoms with Crippen LogP contribution in [0.4, 0.5) is 0 Å². The van der Waals surface area contributed by atoms with Gasteiger partial charge in [-0.2, -0.15) is 4.98 Å². The number of aldehydes is 1. The monoisotopic (exact) mass is 296 g/mol. The Labute approximate surface area is 106 Å². The highest BCUT2D eigenvalue weighted by atomic mass is 79.9. The Kier molecular flexibility index (Phi) is 3.53.